The molecule has 1 aromatic heterocycles. The Labute approximate surface area is 179 Å². The molecular formula is C24H33N3O3. The van der Waals surface area contributed by atoms with Crippen LogP contribution in [0, 0.1) is 18.8 Å². The molecule has 0 bridgehead atoms. The largest absolute Gasteiger partial charge is 0.497 e. The third-order valence-corrected chi connectivity index (χ3v) is 6.68. The van der Waals surface area contributed by atoms with E-state index in [-0.39, 0.29) is 11.8 Å². The third kappa shape index (κ3) is 4.87. The van der Waals surface area contributed by atoms with Crippen LogP contribution in [0.3, 0.4) is 0 Å². The number of anilines is 1. The van der Waals surface area contributed by atoms with Gasteiger partial charge in [-0.2, -0.15) is 0 Å². The van der Waals surface area contributed by atoms with E-state index in [1.165, 1.54) is 12.8 Å². The molecule has 0 aliphatic carbocycles. The minimum atomic E-state index is 0.0474. The second-order valence-corrected chi connectivity index (χ2v) is 8.78. The molecule has 0 radical (unpaired) electrons. The number of rotatable bonds is 6. The molecule has 2 aliphatic rings. The molecule has 0 spiro atoms. The van der Waals surface area contributed by atoms with Crippen LogP contribution < -0.4 is 10.1 Å². The highest BCUT2D eigenvalue weighted by molar-refractivity contribution is 5.93. The Morgan fingerprint density at radius 2 is 1.90 bits per heavy atom. The van der Waals surface area contributed by atoms with E-state index < -0.39 is 0 Å². The van der Waals surface area contributed by atoms with Crippen molar-refractivity contribution in [2.75, 3.05) is 39.1 Å². The van der Waals surface area contributed by atoms with Gasteiger partial charge in [0.1, 0.15) is 17.3 Å². The van der Waals surface area contributed by atoms with Crippen molar-refractivity contribution in [3.05, 3.63) is 47.9 Å². The average molecular weight is 412 g/mol. The number of hydrogen-bond acceptors (Lipinski definition) is 5. The summed E-state index contributed by atoms with van der Waals surface area (Å²) in [6.07, 6.45) is 3.31. The molecule has 3 heterocycles. The number of nitrogens with zero attached hydrogens (tertiary/aromatic N) is 2. The summed E-state index contributed by atoms with van der Waals surface area (Å²) in [7, 11) is 3.81. The Morgan fingerprint density at radius 1 is 1.17 bits per heavy atom. The third-order valence-electron chi connectivity index (χ3n) is 6.68. The lowest BCUT2D eigenvalue weighted by Gasteiger charge is -2.36. The summed E-state index contributed by atoms with van der Waals surface area (Å²) in [5.74, 6) is 3.66. The number of amides is 1. The maximum Gasteiger partial charge on any atom is 0.228 e. The second-order valence-electron chi connectivity index (χ2n) is 8.78. The molecule has 1 N–H and O–H groups in total. The number of furan rings is 1. The van der Waals surface area contributed by atoms with E-state index >= 15 is 0 Å². The zero-order chi connectivity index (χ0) is 21.1. The van der Waals surface area contributed by atoms with Gasteiger partial charge >= 0.3 is 0 Å². The van der Waals surface area contributed by atoms with E-state index in [1.54, 1.807) is 7.11 Å². The minimum absolute atomic E-state index is 0.0474. The van der Waals surface area contributed by atoms with Gasteiger partial charge in [-0.15, -0.1) is 0 Å². The lowest BCUT2D eigenvalue weighted by molar-refractivity contribution is -0.119. The molecular weight excluding hydrogens is 378 g/mol. The molecule has 1 amide bonds. The molecule has 0 unspecified atom stereocenters. The molecule has 6 nitrogen and oxygen atoms in total. The smallest absolute Gasteiger partial charge is 0.228 e. The lowest BCUT2D eigenvalue weighted by atomic mass is 9.86. The predicted octanol–water partition coefficient (Wildman–Crippen LogP) is 3.77. The Balaban J connectivity index is 1.27. The summed E-state index contributed by atoms with van der Waals surface area (Å²) in [6, 6.07) is 12.1. The van der Waals surface area contributed by atoms with Gasteiger partial charge in [-0.05, 0) is 88.6 Å². The Bertz CT molecular complexity index is 840. The van der Waals surface area contributed by atoms with Crippen LogP contribution in [-0.2, 0) is 11.3 Å². The number of carbonyl (C=O) groups is 1. The normalized spacial score (nSPS) is 23.6. The Hall–Kier alpha value is -2.31. The maximum atomic E-state index is 12.8. The Morgan fingerprint density at radius 3 is 2.53 bits per heavy atom. The highest BCUT2D eigenvalue weighted by atomic mass is 16.5. The molecule has 2 aromatic rings. The van der Waals surface area contributed by atoms with Gasteiger partial charge in [0.2, 0.25) is 5.91 Å². The number of benzene rings is 1. The summed E-state index contributed by atoms with van der Waals surface area (Å²) in [5, 5.41) is 3.08. The van der Waals surface area contributed by atoms with Gasteiger partial charge in [-0.3, -0.25) is 9.69 Å². The van der Waals surface area contributed by atoms with Crippen molar-refractivity contribution in [2.24, 2.45) is 11.8 Å². The van der Waals surface area contributed by atoms with Crippen LogP contribution in [0.1, 0.15) is 30.8 Å². The van der Waals surface area contributed by atoms with Crippen molar-refractivity contribution in [1.82, 2.24) is 9.80 Å². The van der Waals surface area contributed by atoms with E-state index in [9.17, 15) is 4.79 Å². The van der Waals surface area contributed by atoms with E-state index in [4.69, 9.17) is 9.15 Å². The van der Waals surface area contributed by atoms with Gasteiger partial charge in [-0.25, -0.2) is 0 Å². The number of likely N-dealkylation sites (tertiary alicyclic amines) is 2. The SMILES string of the molecule is COc1ccc(NC(=O)[C@H]2C[C@@H](C3CCN(Cc4ccc(C)o4)CC3)N(C)C2)cc1. The molecule has 6 heteroatoms. The molecule has 162 valence electrons. The van der Waals surface area contributed by atoms with Crippen LogP contribution in [0.4, 0.5) is 5.69 Å². The molecule has 4 rings (SSSR count). The van der Waals surface area contributed by atoms with Gasteiger partial charge in [0.05, 0.1) is 19.6 Å². The summed E-state index contributed by atoms with van der Waals surface area (Å²) in [6.45, 7) is 5.91. The zero-order valence-corrected chi connectivity index (χ0v) is 18.3. The molecule has 1 aromatic carbocycles. The summed E-state index contributed by atoms with van der Waals surface area (Å²) in [5.41, 5.74) is 0.827. The van der Waals surface area contributed by atoms with E-state index in [2.05, 4.69) is 28.2 Å². The summed E-state index contributed by atoms with van der Waals surface area (Å²) in [4.78, 5) is 17.7. The van der Waals surface area contributed by atoms with Crippen LogP contribution in [0.25, 0.3) is 0 Å². The zero-order valence-electron chi connectivity index (χ0n) is 18.3. The van der Waals surface area contributed by atoms with Gasteiger partial charge < -0.3 is 19.4 Å². The maximum absolute atomic E-state index is 12.8. The number of nitrogens with one attached hydrogen (secondary N) is 1. The second kappa shape index (κ2) is 9.23. The minimum Gasteiger partial charge on any atom is -0.497 e. The fourth-order valence-corrected chi connectivity index (χ4v) is 4.98. The monoisotopic (exact) mass is 411 g/mol. The van der Waals surface area contributed by atoms with Crippen molar-refractivity contribution < 1.29 is 13.9 Å². The summed E-state index contributed by atoms with van der Waals surface area (Å²) >= 11 is 0. The molecule has 0 saturated carbocycles. The number of carbonyl (C=O) groups excluding carboxylic acids is 1. The fourth-order valence-electron chi connectivity index (χ4n) is 4.98. The van der Waals surface area contributed by atoms with E-state index in [0.29, 0.717) is 12.0 Å². The first-order valence-electron chi connectivity index (χ1n) is 10.9. The lowest BCUT2D eigenvalue weighted by Crippen LogP contribution is -2.41. The van der Waals surface area contributed by atoms with Gasteiger partial charge in [0.25, 0.3) is 0 Å². The Kier molecular flexibility index (Phi) is 6.44. The highest BCUT2D eigenvalue weighted by Gasteiger charge is 2.39. The molecule has 2 aliphatic heterocycles. The van der Waals surface area contributed by atoms with E-state index in [1.807, 2.05) is 37.3 Å². The van der Waals surface area contributed by atoms with Crippen LogP contribution in [0.5, 0.6) is 5.75 Å². The molecule has 2 saturated heterocycles. The van der Waals surface area contributed by atoms with Crippen molar-refractivity contribution >= 4 is 11.6 Å². The quantitative estimate of drug-likeness (QED) is 0.784. The first kappa shape index (κ1) is 20.9. The van der Waals surface area contributed by atoms with Gasteiger partial charge in [-0.1, -0.05) is 0 Å². The van der Waals surface area contributed by atoms with Crippen molar-refractivity contribution in [3.63, 3.8) is 0 Å². The van der Waals surface area contributed by atoms with Crippen LogP contribution in [-0.4, -0.2) is 55.5 Å². The molecule has 2 atom stereocenters. The first-order chi connectivity index (χ1) is 14.5. The standard InChI is InChI=1S/C24H33N3O3/c1-17-4-7-22(30-17)16-27-12-10-18(11-13-27)23-14-19(15-26(23)2)24(28)25-20-5-8-21(29-3)9-6-20/h4-9,18-19,23H,10-16H2,1-3H3,(H,25,28)/t19-,23-/m0/s1. The van der Waals surface area contributed by atoms with Gasteiger partial charge in [0.15, 0.2) is 0 Å². The number of piperidine rings is 1. The average Bonchev–Trinajstić information content (AvgIpc) is 3.34. The van der Waals surface area contributed by atoms with E-state index in [0.717, 1.165) is 55.6 Å². The highest BCUT2D eigenvalue weighted by Crippen LogP contribution is 2.34. The molecule has 2 fully saturated rings. The number of aryl methyl sites for hydroxylation is 1. The van der Waals surface area contributed by atoms with Crippen LogP contribution in [0.15, 0.2) is 40.8 Å². The number of hydrogen-bond donors (Lipinski definition) is 1. The molecule has 30 heavy (non-hydrogen) atoms. The number of methoxy groups -OCH3 is 1. The fraction of sp³-hybridized carbons (Fsp3) is 0.542. The van der Waals surface area contributed by atoms with Crippen LogP contribution >= 0.6 is 0 Å². The van der Waals surface area contributed by atoms with Crippen molar-refractivity contribution in [1.29, 1.82) is 0 Å². The predicted molar refractivity (Wildman–Crippen MR) is 118 cm³/mol. The van der Waals surface area contributed by atoms with Gasteiger partial charge in [0, 0.05) is 18.3 Å². The topological polar surface area (TPSA) is 58.0 Å². The van der Waals surface area contributed by atoms with Crippen molar-refractivity contribution in [3.8, 4) is 5.75 Å². The van der Waals surface area contributed by atoms with Crippen LogP contribution in [0.2, 0.25) is 0 Å². The first-order valence-corrected chi connectivity index (χ1v) is 10.9. The van der Waals surface area contributed by atoms with Crippen molar-refractivity contribution in [2.45, 2.75) is 38.8 Å². The number of ether oxygens (including phenoxy) is 1. The summed E-state index contributed by atoms with van der Waals surface area (Å²) < 4.78 is 10.9.